The van der Waals surface area contributed by atoms with Gasteiger partial charge >= 0.3 is 0 Å². The number of fused-ring (bicyclic) bond motifs is 1. The summed E-state index contributed by atoms with van der Waals surface area (Å²) < 4.78 is 11.0. The van der Waals surface area contributed by atoms with Crippen molar-refractivity contribution in [1.29, 1.82) is 0 Å². The summed E-state index contributed by atoms with van der Waals surface area (Å²) in [7, 11) is 0. The van der Waals surface area contributed by atoms with Crippen LogP contribution in [0.15, 0.2) is 47.6 Å². The van der Waals surface area contributed by atoms with Crippen LogP contribution in [0.4, 0.5) is 5.69 Å². The maximum Gasteiger partial charge on any atom is 0.284 e. The predicted octanol–water partition coefficient (Wildman–Crippen LogP) is 0.958. The molecule has 128 valence electrons. The molecule has 0 fully saturated rings. The van der Waals surface area contributed by atoms with Gasteiger partial charge in [0.05, 0.1) is 11.1 Å². The number of carbonyl (C=O) groups excluding carboxylic acids is 1. The largest absolute Gasteiger partial charge is 0.868 e. The first-order valence-corrected chi connectivity index (χ1v) is 7.21. The van der Waals surface area contributed by atoms with Crippen molar-refractivity contribution >= 4 is 17.8 Å². The minimum absolute atomic E-state index is 0.0364. The van der Waals surface area contributed by atoms with Gasteiger partial charge in [-0.05, 0) is 17.9 Å². The van der Waals surface area contributed by atoms with Crippen LogP contribution in [0.25, 0.3) is 0 Å². The van der Waals surface area contributed by atoms with E-state index in [0.717, 1.165) is 12.1 Å². The molecule has 3 rings (SSSR count). The number of ether oxygens (including phenoxy) is 2. The van der Waals surface area contributed by atoms with Gasteiger partial charge in [0.1, 0.15) is 6.61 Å². The molecule has 0 aromatic heterocycles. The molecule has 1 aliphatic heterocycles. The van der Waals surface area contributed by atoms with Gasteiger partial charge < -0.3 is 14.6 Å². The maximum atomic E-state index is 12.0. The van der Waals surface area contributed by atoms with Crippen molar-refractivity contribution in [3.63, 3.8) is 0 Å². The second-order valence-corrected chi connectivity index (χ2v) is 5.08. The molecule has 25 heavy (non-hydrogen) atoms. The molecule has 1 amide bonds. The number of nitro benzene ring substituents is 1. The van der Waals surface area contributed by atoms with E-state index in [1.54, 1.807) is 24.3 Å². The highest BCUT2D eigenvalue weighted by Crippen LogP contribution is 2.30. The number of nitrogens with one attached hydrogen (secondary N) is 1. The first-order chi connectivity index (χ1) is 12.0. The zero-order valence-electron chi connectivity index (χ0n) is 12.7. The van der Waals surface area contributed by atoms with Crippen LogP contribution in [0.1, 0.15) is 5.56 Å². The molecule has 0 bridgehead atoms. The molecule has 0 saturated heterocycles. The van der Waals surface area contributed by atoms with Gasteiger partial charge in [0.15, 0.2) is 11.5 Å². The maximum absolute atomic E-state index is 12.0. The molecule has 1 N–H and O–H groups in total. The summed E-state index contributed by atoms with van der Waals surface area (Å²) >= 11 is 0. The first kappa shape index (κ1) is 16.2. The van der Waals surface area contributed by atoms with Crippen molar-refractivity contribution in [2.45, 2.75) is 6.10 Å². The van der Waals surface area contributed by atoms with Gasteiger partial charge in [-0.15, -0.1) is 0 Å². The zero-order valence-corrected chi connectivity index (χ0v) is 12.7. The lowest BCUT2D eigenvalue weighted by molar-refractivity contribution is -0.398. The van der Waals surface area contributed by atoms with Gasteiger partial charge in [0.2, 0.25) is 6.10 Å². The summed E-state index contributed by atoms with van der Waals surface area (Å²) in [6.07, 6.45) is 0.326. The zero-order chi connectivity index (χ0) is 17.8. The Kier molecular flexibility index (Phi) is 4.46. The van der Waals surface area contributed by atoms with Crippen LogP contribution >= 0.6 is 0 Å². The Morgan fingerprint density at radius 2 is 2.04 bits per heavy atom. The van der Waals surface area contributed by atoms with Crippen LogP contribution in [0.2, 0.25) is 0 Å². The summed E-state index contributed by atoms with van der Waals surface area (Å²) in [6.45, 7) is 0.0364. The lowest BCUT2D eigenvalue weighted by atomic mass is 10.2. The van der Waals surface area contributed by atoms with E-state index >= 15 is 0 Å². The average Bonchev–Trinajstić information content (AvgIpc) is 2.62. The van der Waals surface area contributed by atoms with E-state index < -0.39 is 28.4 Å². The van der Waals surface area contributed by atoms with Gasteiger partial charge in [-0.2, -0.15) is 5.10 Å². The number of rotatable bonds is 4. The number of benzene rings is 2. The van der Waals surface area contributed by atoms with Crippen LogP contribution in [-0.4, -0.2) is 29.8 Å². The lowest BCUT2D eigenvalue weighted by Gasteiger charge is -2.24. The Balaban J connectivity index is 1.62. The van der Waals surface area contributed by atoms with Gasteiger partial charge in [0, 0.05) is 11.6 Å². The first-order valence-electron chi connectivity index (χ1n) is 7.21. The van der Waals surface area contributed by atoms with Gasteiger partial charge in [-0.1, -0.05) is 24.3 Å². The molecule has 0 saturated carbocycles. The average molecular weight is 342 g/mol. The quantitative estimate of drug-likeness (QED) is 0.501. The van der Waals surface area contributed by atoms with E-state index in [-0.39, 0.29) is 6.61 Å². The van der Waals surface area contributed by atoms with Crippen LogP contribution in [0.5, 0.6) is 17.2 Å². The Morgan fingerprint density at radius 3 is 2.80 bits per heavy atom. The molecule has 9 heteroatoms. The number of hydrogen-bond acceptors (Lipinski definition) is 7. The molecule has 0 spiro atoms. The fourth-order valence-corrected chi connectivity index (χ4v) is 2.15. The topological polar surface area (TPSA) is 126 Å². The van der Waals surface area contributed by atoms with Crippen molar-refractivity contribution < 1.29 is 24.3 Å². The molecule has 2 aromatic carbocycles. The summed E-state index contributed by atoms with van der Waals surface area (Å²) in [5.41, 5.74) is 2.02. The number of hydrazone groups is 1. The second kappa shape index (κ2) is 6.87. The van der Waals surface area contributed by atoms with Crippen molar-refractivity contribution in [2.75, 3.05) is 6.61 Å². The van der Waals surface area contributed by atoms with E-state index in [2.05, 4.69) is 10.5 Å². The molecule has 0 aliphatic carbocycles. The van der Waals surface area contributed by atoms with Crippen LogP contribution in [-0.2, 0) is 4.79 Å². The number of nitro groups is 1. The summed E-state index contributed by atoms with van der Waals surface area (Å²) in [4.78, 5) is 22.0. The summed E-state index contributed by atoms with van der Waals surface area (Å²) in [5.74, 6) is -0.210. The van der Waals surface area contributed by atoms with Crippen LogP contribution in [0.3, 0.4) is 0 Å². The lowest BCUT2D eigenvalue weighted by Crippen LogP contribution is -2.42. The van der Waals surface area contributed by atoms with Crippen LogP contribution in [0, 0.1) is 10.1 Å². The molecular weight excluding hydrogens is 330 g/mol. The summed E-state index contributed by atoms with van der Waals surface area (Å²) in [5, 5.41) is 25.8. The van der Waals surface area contributed by atoms with E-state index in [1.807, 2.05) is 0 Å². The summed E-state index contributed by atoms with van der Waals surface area (Å²) in [6, 6.07) is 10.5. The van der Waals surface area contributed by atoms with E-state index in [1.165, 1.54) is 12.3 Å². The SMILES string of the molecule is O=C(N/N=C/c1ccc([O-])c([N+](=O)[O-])c1)[C@H]1COc2ccccc2O1. The third kappa shape index (κ3) is 3.66. The van der Waals surface area contributed by atoms with E-state index in [9.17, 15) is 20.0 Å². The normalized spacial score (nSPS) is 15.8. The fourth-order valence-electron chi connectivity index (χ4n) is 2.15. The molecule has 0 radical (unpaired) electrons. The van der Waals surface area contributed by atoms with Gasteiger partial charge in [-0.25, -0.2) is 5.43 Å². The van der Waals surface area contributed by atoms with Crippen molar-refractivity contribution in [1.82, 2.24) is 5.43 Å². The number of hydrogen-bond donors (Lipinski definition) is 1. The Morgan fingerprint density at radius 1 is 1.28 bits per heavy atom. The minimum Gasteiger partial charge on any atom is -0.868 e. The molecule has 9 nitrogen and oxygen atoms in total. The van der Waals surface area contributed by atoms with Gasteiger partial charge in [0.25, 0.3) is 11.6 Å². The van der Waals surface area contributed by atoms with Crippen molar-refractivity contribution in [3.05, 3.63) is 58.1 Å². The standard InChI is InChI=1S/C16H13N3O6/c20-12-6-5-10(7-11(12)19(22)23)8-17-18-16(21)15-9-24-13-3-1-2-4-14(13)25-15/h1-8,15,20H,9H2,(H,18,21)/p-1/b17-8+/t15-/m1/s1. The number of nitrogens with zero attached hydrogens (tertiary/aromatic N) is 2. The van der Waals surface area contributed by atoms with Crippen molar-refractivity contribution in [2.24, 2.45) is 5.10 Å². The predicted molar refractivity (Wildman–Crippen MR) is 84.6 cm³/mol. The Hall–Kier alpha value is -3.62. The fraction of sp³-hybridized carbons (Fsp3) is 0.125. The Bertz CT molecular complexity index is 852. The van der Waals surface area contributed by atoms with E-state index in [0.29, 0.717) is 17.1 Å². The minimum atomic E-state index is -0.870. The second-order valence-electron chi connectivity index (χ2n) is 5.08. The Labute approximate surface area is 141 Å². The number of amides is 1. The molecule has 1 heterocycles. The molecular formula is C16H12N3O6-. The van der Waals surface area contributed by atoms with E-state index in [4.69, 9.17) is 9.47 Å². The van der Waals surface area contributed by atoms with Crippen molar-refractivity contribution in [3.8, 4) is 17.2 Å². The smallest absolute Gasteiger partial charge is 0.284 e. The van der Waals surface area contributed by atoms with Crippen LogP contribution < -0.4 is 20.0 Å². The third-order valence-corrected chi connectivity index (χ3v) is 3.37. The highest BCUT2D eigenvalue weighted by molar-refractivity contribution is 5.85. The number of carbonyl (C=O) groups is 1. The highest BCUT2D eigenvalue weighted by Gasteiger charge is 2.26. The third-order valence-electron chi connectivity index (χ3n) is 3.37. The highest BCUT2D eigenvalue weighted by atomic mass is 16.6. The molecule has 0 unspecified atom stereocenters. The monoisotopic (exact) mass is 342 g/mol. The number of para-hydroxylation sites is 2. The molecule has 2 aromatic rings. The molecule has 1 aliphatic rings. The molecule has 1 atom stereocenters. The van der Waals surface area contributed by atoms with Gasteiger partial charge in [-0.3, -0.25) is 14.9 Å².